The summed E-state index contributed by atoms with van der Waals surface area (Å²) in [7, 11) is 0. The van der Waals surface area contributed by atoms with Gasteiger partial charge in [0.2, 0.25) is 10.6 Å². The van der Waals surface area contributed by atoms with Crippen LogP contribution in [0.1, 0.15) is 5.69 Å². The number of hydrogen-bond donors (Lipinski definition) is 3. The topological polar surface area (TPSA) is 113 Å². The summed E-state index contributed by atoms with van der Waals surface area (Å²) in [5, 5.41) is 13.5. The van der Waals surface area contributed by atoms with Crippen molar-refractivity contribution in [2.45, 2.75) is 6.92 Å². The number of aromatic nitrogens is 5. The Hall–Kier alpha value is -2.88. The number of pyridine rings is 1. The fourth-order valence-electron chi connectivity index (χ4n) is 2.57. The van der Waals surface area contributed by atoms with Crippen molar-refractivity contribution in [2.75, 3.05) is 5.73 Å². The first kappa shape index (κ1) is 13.8. The lowest BCUT2D eigenvalue weighted by Crippen LogP contribution is -2.08. The number of nitrogen functional groups attached to an aromatic ring is 1. The number of hydrogen-bond acceptors (Lipinski definition) is 6. The van der Waals surface area contributed by atoms with E-state index in [1.807, 2.05) is 0 Å². The molecule has 1 aromatic carbocycles. The van der Waals surface area contributed by atoms with Gasteiger partial charge in [-0.15, -0.1) is 10.2 Å². The van der Waals surface area contributed by atoms with Gasteiger partial charge in [0.1, 0.15) is 11.5 Å². The lowest BCUT2D eigenvalue weighted by Gasteiger charge is -2.06. The minimum Gasteiger partial charge on any atom is -0.374 e. The van der Waals surface area contributed by atoms with E-state index in [0.29, 0.717) is 17.1 Å². The number of nitrogens with two attached hydrogens (primary N) is 1. The first-order chi connectivity index (χ1) is 11.0. The van der Waals surface area contributed by atoms with Crippen LogP contribution in [0.3, 0.4) is 0 Å². The standard InChI is InChI=1S/C13H8F2N6OS/c1-3-6-8-7(4(14)2-5(22)9(8)15)10(17-11(6)19-18-3)12-20-21-13(16)23-12/h2H,1H3,(H2,16,21)(H2,17,18,19). The molecule has 0 fully saturated rings. The Kier molecular flexibility index (Phi) is 2.73. The van der Waals surface area contributed by atoms with Gasteiger partial charge in [-0.05, 0) is 6.92 Å². The third kappa shape index (κ3) is 1.84. The molecule has 4 rings (SSSR count). The number of aromatic amines is 2. The van der Waals surface area contributed by atoms with Gasteiger partial charge >= 0.3 is 0 Å². The maximum absolute atomic E-state index is 14.5. The van der Waals surface area contributed by atoms with Crippen LogP contribution in [0, 0.1) is 18.6 Å². The summed E-state index contributed by atoms with van der Waals surface area (Å²) in [5.41, 5.74) is 5.42. The summed E-state index contributed by atoms with van der Waals surface area (Å²) >= 11 is 0.992. The van der Waals surface area contributed by atoms with Crippen LogP contribution in [0.5, 0.6) is 0 Å². The number of halogens is 2. The fraction of sp³-hybridized carbons (Fsp3) is 0.0769. The molecule has 0 radical (unpaired) electrons. The Bertz CT molecular complexity index is 1140. The third-order valence-corrected chi connectivity index (χ3v) is 4.28. The minimum atomic E-state index is -1.04. The van der Waals surface area contributed by atoms with Crippen molar-refractivity contribution in [3.05, 3.63) is 33.6 Å². The summed E-state index contributed by atoms with van der Waals surface area (Å²) in [6.07, 6.45) is 0. The highest BCUT2D eigenvalue weighted by atomic mass is 32.1. The van der Waals surface area contributed by atoms with E-state index in [0.717, 1.165) is 11.3 Å². The smallest absolute Gasteiger partial charge is 0.217 e. The maximum Gasteiger partial charge on any atom is 0.217 e. The average molecular weight is 334 g/mol. The molecule has 0 saturated heterocycles. The molecule has 4 aromatic rings. The first-order valence-electron chi connectivity index (χ1n) is 6.45. The number of nitrogens with zero attached hydrogens (tertiary/aromatic N) is 3. The molecule has 0 aliphatic heterocycles. The van der Waals surface area contributed by atoms with E-state index in [-0.39, 0.29) is 32.3 Å². The van der Waals surface area contributed by atoms with Gasteiger partial charge in [0.05, 0.1) is 10.8 Å². The quantitative estimate of drug-likeness (QED) is 0.493. The van der Waals surface area contributed by atoms with E-state index in [1.165, 1.54) is 0 Å². The average Bonchev–Trinajstić information content (AvgIpc) is 3.10. The van der Waals surface area contributed by atoms with Crippen LogP contribution in [-0.2, 0) is 0 Å². The molecule has 10 heteroatoms. The Morgan fingerprint density at radius 3 is 2.65 bits per heavy atom. The largest absolute Gasteiger partial charge is 0.374 e. The number of fused-ring (bicyclic) bond motifs is 3. The van der Waals surface area contributed by atoms with Gasteiger partial charge in [0, 0.05) is 17.1 Å². The molecule has 0 amide bonds. The van der Waals surface area contributed by atoms with Crippen LogP contribution in [0.25, 0.3) is 32.5 Å². The highest BCUT2D eigenvalue weighted by molar-refractivity contribution is 7.18. The molecule has 0 atom stereocenters. The lowest BCUT2D eigenvalue weighted by molar-refractivity contribution is 0.609. The monoisotopic (exact) mass is 334 g/mol. The first-order valence-corrected chi connectivity index (χ1v) is 7.27. The zero-order valence-electron chi connectivity index (χ0n) is 11.6. The molecule has 0 aliphatic rings. The van der Waals surface area contributed by atoms with Crippen molar-refractivity contribution < 1.29 is 8.78 Å². The molecule has 0 aliphatic carbocycles. The van der Waals surface area contributed by atoms with Crippen molar-refractivity contribution in [3.63, 3.8) is 0 Å². The molecule has 0 unspecified atom stereocenters. The Morgan fingerprint density at radius 1 is 1.17 bits per heavy atom. The van der Waals surface area contributed by atoms with E-state index in [4.69, 9.17) is 5.73 Å². The summed E-state index contributed by atoms with van der Waals surface area (Å²) in [6, 6.07) is 0.602. The molecule has 116 valence electrons. The summed E-state index contributed by atoms with van der Waals surface area (Å²) in [6.45, 7) is 1.66. The number of aryl methyl sites for hydroxylation is 1. The van der Waals surface area contributed by atoms with Crippen molar-refractivity contribution in [1.29, 1.82) is 0 Å². The van der Waals surface area contributed by atoms with Crippen LogP contribution >= 0.6 is 11.3 Å². The Balaban J connectivity index is 2.31. The van der Waals surface area contributed by atoms with E-state index in [9.17, 15) is 13.6 Å². The number of H-pyrrole nitrogens is 2. The van der Waals surface area contributed by atoms with Gasteiger partial charge in [-0.3, -0.25) is 9.89 Å². The molecule has 0 saturated carbocycles. The predicted octanol–water partition coefficient (Wildman–Crippen LogP) is 2.09. The van der Waals surface area contributed by atoms with Crippen molar-refractivity contribution in [1.82, 2.24) is 25.4 Å². The normalized spacial score (nSPS) is 11.6. The summed E-state index contributed by atoms with van der Waals surface area (Å²) in [4.78, 5) is 16.0. The van der Waals surface area contributed by atoms with Gasteiger partial charge < -0.3 is 10.8 Å². The lowest BCUT2D eigenvalue weighted by atomic mass is 10.0. The zero-order valence-corrected chi connectivity index (χ0v) is 12.4. The van der Waals surface area contributed by atoms with Crippen LogP contribution < -0.4 is 11.2 Å². The predicted molar refractivity (Wildman–Crippen MR) is 82.2 cm³/mol. The SMILES string of the molecule is Cc1[nH][nH]c2nc(-c3nnc(N)s3)c3c(F)cc(=O)c(F)c3c12. The molecule has 23 heavy (non-hydrogen) atoms. The van der Waals surface area contributed by atoms with Crippen LogP contribution in [0.15, 0.2) is 10.9 Å². The zero-order chi connectivity index (χ0) is 16.3. The van der Waals surface area contributed by atoms with E-state index >= 15 is 0 Å². The van der Waals surface area contributed by atoms with Gasteiger partial charge in [-0.1, -0.05) is 11.3 Å². The Morgan fingerprint density at radius 2 is 1.96 bits per heavy atom. The van der Waals surface area contributed by atoms with Crippen LogP contribution in [0.4, 0.5) is 13.9 Å². The number of benzene rings is 1. The van der Waals surface area contributed by atoms with Crippen molar-refractivity contribution >= 4 is 38.3 Å². The fourth-order valence-corrected chi connectivity index (χ4v) is 3.17. The minimum absolute atomic E-state index is 0.0772. The number of rotatable bonds is 1. The molecule has 0 spiro atoms. The molecule has 7 nitrogen and oxygen atoms in total. The molecule has 4 N–H and O–H groups in total. The molecule has 3 aromatic heterocycles. The van der Waals surface area contributed by atoms with Gasteiger partial charge in [0.25, 0.3) is 0 Å². The van der Waals surface area contributed by atoms with Crippen molar-refractivity contribution in [2.24, 2.45) is 0 Å². The summed E-state index contributed by atoms with van der Waals surface area (Å²) in [5.74, 6) is -1.91. The second-order valence-corrected chi connectivity index (χ2v) is 5.93. The van der Waals surface area contributed by atoms with Crippen LogP contribution in [0.2, 0.25) is 0 Å². The summed E-state index contributed by atoms with van der Waals surface area (Å²) < 4.78 is 28.9. The maximum atomic E-state index is 14.5. The van der Waals surface area contributed by atoms with E-state index in [2.05, 4.69) is 25.4 Å². The third-order valence-electron chi connectivity index (χ3n) is 3.52. The van der Waals surface area contributed by atoms with E-state index < -0.39 is 17.1 Å². The molecular weight excluding hydrogens is 326 g/mol. The van der Waals surface area contributed by atoms with Gasteiger partial charge in [-0.25, -0.2) is 13.8 Å². The highest BCUT2D eigenvalue weighted by Crippen LogP contribution is 2.36. The second kappa shape index (κ2) is 4.56. The molecular formula is C13H8F2N6OS. The van der Waals surface area contributed by atoms with Gasteiger partial charge in [0.15, 0.2) is 16.5 Å². The Labute approximate surface area is 130 Å². The van der Waals surface area contributed by atoms with E-state index in [1.54, 1.807) is 6.92 Å². The number of nitrogens with one attached hydrogen (secondary N) is 2. The number of anilines is 1. The second-order valence-electron chi connectivity index (χ2n) is 4.92. The highest BCUT2D eigenvalue weighted by Gasteiger charge is 2.23. The molecule has 3 heterocycles. The van der Waals surface area contributed by atoms with Crippen LogP contribution in [-0.4, -0.2) is 25.4 Å². The molecule has 0 bridgehead atoms. The van der Waals surface area contributed by atoms with Gasteiger partial charge in [-0.2, -0.15) is 0 Å². The van der Waals surface area contributed by atoms with Crippen molar-refractivity contribution in [3.8, 4) is 10.7 Å².